The molecule has 0 bridgehead atoms. The smallest absolute Gasteiger partial charge is 0.406 e. The number of ether oxygens (including phenoxy) is 1. The van der Waals surface area contributed by atoms with Crippen molar-refractivity contribution < 1.29 is 9.66 Å². The number of hydrogen-bond donors (Lipinski definition) is 1. The fraction of sp³-hybridized carbons (Fsp3) is 0.438. The average Bonchev–Trinajstić information content (AvgIpc) is 2.84. The summed E-state index contributed by atoms with van der Waals surface area (Å²) in [6, 6.07) is 7.55. The summed E-state index contributed by atoms with van der Waals surface area (Å²) in [4.78, 5) is 14.5. The SMILES string of the molecule is COc1cccc(C(Nc2c([N+](=O)[O-])ncn2C)C(C)(C)C)c1. The van der Waals surface area contributed by atoms with Crippen LogP contribution >= 0.6 is 0 Å². The third-order valence-electron chi connectivity index (χ3n) is 3.66. The molecule has 0 aliphatic carbocycles. The van der Waals surface area contributed by atoms with Gasteiger partial charge in [0.2, 0.25) is 12.1 Å². The van der Waals surface area contributed by atoms with Crippen LogP contribution < -0.4 is 10.1 Å². The number of nitrogens with zero attached hydrogens (tertiary/aromatic N) is 3. The minimum Gasteiger partial charge on any atom is -0.497 e. The van der Waals surface area contributed by atoms with Crippen LogP contribution in [0.25, 0.3) is 0 Å². The number of rotatable bonds is 5. The lowest BCUT2D eigenvalue weighted by Crippen LogP contribution is -2.27. The van der Waals surface area contributed by atoms with Crippen LogP contribution in [0.5, 0.6) is 5.75 Å². The molecule has 7 nitrogen and oxygen atoms in total. The van der Waals surface area contributed by atoms with Crippen molar-refractivity contribution in [3.05, 3.63) is 46.3 Å². The van der Waals surface area contributed by atoms with Crippen LogP contribution in [0.3, 0.4) is 0 Å². The van der Waals surface area contributed by atoms with Crippen LogP contribution in [0.1, 0.15) is 32.4 Å². The van der Waals surface area contributed by atoms with Crippen molar-refractivity contribution in [1.29, 1.82) is 0 Å². The first kappa shape index (κ1) is 16.8. The molecule has 124 valence electrons. The fourth-order valence-corrected chi connectivity index (χ4v) is 2.48. The highest BCUT2D eigenvalue weighted by Gasteiger charge is 2.31. The Balaban J connectivity index is 2.45. The highest BCUT2D eigenvalue weighted by atomic mass is 16.6. The van der Waals surface area contributed by atoms with Gasteiger partial charge in [-0.2, -0.15) is 0 Å². The molecule has 7 heteroatoms. The zero-order valence-electron chi connectivity index (χ0n) is 14.0. The summed E-state index contributed by atoms with van der Waals surface area (Å²) in [6.45, 7) is 6.23. The summed E-state index contributed by atoms with van der Waals surface area (Å²) in [5, 5.41) is 14.5. The summed E-state index contributed by atoms with van der Waals surface area (Å²) in [5.41, 5.74) is 0.817. The lowest BCUT2D eigenvalue weighted by Gasteiger charge is -2.32. The van der Waals surface area contributed by atoms with E-state index in [9.17, 15) is 10.1 Å². The number of nitrogens with one attached hydrogen (secondary N) is 1. The molecule has 0 aliphatic rings. The second-order valence-corrected chi connectivity index (χ2v) is 6.50. The van der Waals surface area contributed by atoms with Gasteiger partial charge in [0.05, 0.1) is 13.2 Å². The number of nitro groups is 1. The molecular weight excluding hydrogens is 296 g/mol. The summed E-state index contributed by atoms with van der Waals surface area (Å²) in [6.07, 6.45) is 1.44. The monoisotopic (exact) mass is 318 g/mol. The van der Waals surface area contributed by atoms with Crippen LogP contribution in [0.15, 0.2) is 30.6 Å². The summed E-state index contributed by atoms with van der Waals surface area (Å²) in [7, 11) is 3.35. The number of imidazole rings is 1. The van der Waals surface area contributed by atoms with Gasteiger partial charge < -0.3 is 20.2 Å². The maximum atomic E-state index is 11.2. The lowest BCUT2D eigenvalue weighted by atomic mass is 9.82. The second kappa shape index (κ2) is 6.28. The number of anilines is 1. The first-order chi connectivity index (χ1) is 10.7. The predicted octanol–water partition coefficient (Wildman–Crippen LogP) is 3.54. The summed E-state index contributed by atoms with van der Waals surface area (Å²) in [5.74, 6) is 0.959. The lowest BCUT2D eigenvalue weighted by molar-refractivity contribution is -0.388. The molecule has 0 saturated heterocycles. The molecular formula is C16H22N4O3. The van der Waals surface area contributed by atoms with Crippen molar-refractivity contribution in [1.82, 2.24) is 9.55 Å². The number of methoxy groups -OCH3 is 1. The van der Waals surface area contributed by atoms with E-state index in [0.717, 1.165) is 11.3 Å². The van der Waals surface area contributed by atoms with E-state index < -0.39 is 4.92 Å². The number of benzene rings is 1. The minimum atomic E-state index is -0.479. The number of aryl methyl sites for hydroxylation is 1. The molecule has 0 saturated carbocycles. The standard InChI is InChI=1S/C16H22N4O3/c1-16(2,3)13(11-7-6-8-12(9-11)23-5)18-15-14(20(21)22)17-10-19(15)4/h6-10,13,18H,1-5H3. The minimum absolute atomic E-state index is 0.147. The molecule has 0 spiro atoms. The highest BCUT2D eigenvalue weighted by Crippen LogP contribution is 2.38. The zero-order chi connectivity index (χ0) is 17.2. The van der Waals surface area contributed by atoms with Gasteiger partial charge in [-0.15, -0.1) is 0 Å². The quantitative estimate of drug-likeness (QED) is 0.673. The Morgan fingerprint density at radius 2 is 2.09 bits per heavy atom. The molecule has 0 radical (unpaired) electrons. The first-order valence-electron chi connectivity index (χ1n) is 7.30. The third-order valence-corrected chi connectivity index (χ3v) is 3.66. The molecule has 1 N–H and O–H groups in total. The Kier molecular flexibility index (Phi) is 4.58. The van der Waals surface area contributed by atoms with E-state index in [4.69, 9.17) is 4.74 Å². The third kappa shape index (κ3) is 3.61. The van der Waals surface area contributed by atoms with Gasteiger partial charge in [-0.3, -0.25) is 4.57 Å². The van der Waals surface area contributed by atoms with Crippen LogP contribution in [0, 0.1) is 15.5 Å². The van der Waals surface area contributed by atoms with Gasteiger partial charge in [0.25, 0.3) is 0 Å². The van der Waals surface area contributed by atoms with E-state index >= 15 is 0 Å². The van der Waals surface area contributed by atoms with Gasteiger partial charge in [-0.25, -0.2) is 0 Å². The van der Waals surface area contributed by atoms with E-state index in [1.807, 2.05) is 24.3 Å². The molecule has 1 aromatic heterocycles. The van der Waals surface area contributed by atoms with Crippen LogP contribution in [0.4, 0.5) is 11.6 Å². The fourth-order valence-electron chi connectivity index (χ4n) is 2.48. The maximum Gasteiger partial charge on any atom is 0.406 e. The molecule has 0 fully saturated rings. The number of aromatic nitrogens is 2. The van der Waals surface area contributed by atoms with Crippen molar-refractivity contribution in [2.45, 2.75) is 26.8 Å². The second-order valence-electron chi connectivity index (χ2n) is 6.50. The van der Waals surface area contributed by atoms with Gasteiger partial charge in [0, 0.05) is 7.05 Å². The van der Waals surface area contributed by atoms with Gasteiger partial charge in [-0.05, 0) is 33.0 Å². The predicted molar refractivity (Wildman–Crippen MR) is 88.7 cm³/mol. The van der Waals surface area contributed by atoms with Gasteiger partial charge in [0.1, 0.15) is 5.75 Å². The molecule has 23 heavy (non-hydrogen) atoms. The van der Waals surface area contributed by atoms with Crippen LogP contribution in [-0.4, -0.2) is 21.6 Å². The van der Waals surface area contributed by atoms with E-state index in [0.29, 0.717) is 5.82 Å². The normalized spacial score (nSPS) is 12.7. The van der Waals surface area contributed by atoms with Crippen molar-refractivity contribution in [3.8, 4) is 5.75 Å². The molecule has 0 amide bonds. The Hall–Kier alpha value is -2.57. The molecule has 1 heterocycles. The molecule has 1 aromatic carbocycles. The molecule has 2 rings (SSSR count). The van der Waals surface area contributed by atoms with Crippen LogP contribution in [-0.2, 0) is 7.05 Å². The summed E-state index contributed by atoms with van der Waals surface area (Å²) >= 11 is 0. The Morgan fingerprint density at radius 3 is 2.65 bits per heavy atom. The number of hydrogen-bond acceptors (Lipinski definition) is 5. The average molecular weight is 318 g/mol. The maximum absolute atomic E-state index is 11.2. The Bertz CT molecular complexity index is 704. The van der Waals surface area contributed by atoms with E-state index in [1.54, 1.807) is 18.7 Å². The van der Waals surface area contributed by atoms with Crippen molar-refractivity contribution >= 4 is 11.6 Å². The Labute approximate surface area is 135 Å². The Morgan fingerprint density at radius 1 is 1.39 bits per heavy atom. The largest absolute Gasteiger partial charge is 0.497 e. The van der Waals surface area contributed by atoms with Gasteiger partial charge in [0.15, 0.2) is 0 Å². The van der Waals surface area contributed by atoms with Gasteiger partial charge in [-0.1, -0.05) is 32.9 Å². The van der Waals surface area contributed by atoms with Crippen molar-refractivity contribution in [2.24, 2.45) is 12.5 Å². The highest BCUT2D eigenvalue weighted by molar-refractivity contribution is 5.54. The van der Waals surface area contributed by atoms with Crippen molar-refractivity contribution in [3.63, 3.8) is 0 Å². The molecule has 0 aliphatic heterocycles. The van der Waals surface area contributed by atoms with E-state index in [1.165, 1.54) is 6.33 Å². The summed E-state index contributed by atoms with van der Waals surface area (Å²) < 4.78 is 6.91. The van der Waals surface area contributed by atoms with E-state index in [-0.39, 0.29) is 17.3 Å². The molecule has 1 atom stereocenters. The van der Waals surface area contributed by atoms with Crippen LogP contribution in [0.2, 0.25) is 0 Å². The van der Waals surface area contributed by atoms with E-state index in [2.05, 4.69) is 31.1 Å². The topological polar surface area (TPSA) is 82.2 Å². The molecule has 2 aromatic rings. The van der Waals surface area contributed by atoms with Gasteiger partial charge >= 0.3 is 5.82 Å². The zero-order valence-corrected chi connectivity index (χ0v) is 14.0. The first-order valence-corrected chi connectivity index (χ1v) is 7.30. The molecule has 1 unspecified atom stereocenters. The van der Waals surface area contributed by atoms with Crippen molar-refractivity contribution in [2.75, 3.05) is 12.4 Å².